The average Bonchev–Trinajstić information content (AvgIpc) is 2.87. The molecule has 0 bridgehead atoms. The van der Waals surface area contributed by atoms with Gasteiger partial charge in [0.05, 0.1) is 11.6 Å². The van der Waals surface area contributed by atoms with Crippen molar-refractivity contribution in [1.82, 2.24) is 9.97 Å². The maximum Gasteiger partial charge on any atom is 0.433 e. The molecule has 3 rings (SSSR count). The number of anilines is 2. The number of hydrogen-bond acceptors (Lipinski definition) is 5. The topological polar surface area (TPSA) is 56.1 Å². The number of alkyl halides is 3. The van der Waals surface area contributed by atoms with Gasteiger partial charge in [-0.25, -0.2) is 9.97 Å². The van der Waals surface area contributed by atoms with Crippen molar-refractivity contribution in [3.8, 4) is 6.07 Å². The lowest BCUT2D eigenvalue weighted by molar-refractivity contribution is -0.141. The van der Waals surface area contributed by atoms with E-state index in [4.69, 9.17) is 5.26 Å². The van der Waals surface area contributed by atoms with Crippen LogP contribution in [0.3, 0.4) is 0 Å². The van der Waals surface area contributed by atoms with Crippen molar-refractivity contribution < 1.29 is 13.2 Å². The van der Waals surface area contributed by atoms with Crippen LogP contribution in [0.5, 0.6) is 0 Å². The molecule has 1 fully saturated rings. The first-order valence-electron chi connectivity index (χ1n) is 7.88. The lowest BCUT2D eigenvalue weighted by atomic mass is 10.2. The second-order valence-corrected chi connectivity index (χ2v) is 5.73. The summed E-state index contributed by atoms with van der Waals surface area (Å²) in [5.74, 6) is 0.108. The number of nitrogens with zero attached hydrogens (tertiary/aromatic N) is 5. The van der Waals surface area contributed by atoms with Gasteiger partial charge in [0, 0.05) is 38.1 Å². The molecular formula is C17H16F3N5. The molecule has 130 valence electrons. The van der Waals surface area contributed by atoms with E-state index in [0.717, 1.165) is 30.9 Å². The van der Waals surface area contributed by atoms with E-state index in [1.54, 1.807) is 17.0 Å². The quantitative estimate of drug-likeness (QED) is 0.836. The van der Waals surface area contributed by atoms with Gasteiger partial charge in [0.1, 0.15) is 5.69 Å². The van der Waals surface area contributed by atoms with E-state index in [1.807, 2.05) is 12.1 Å². The van der Waals surface area contributed by atoms with Crippen LogP contribution in [0.15, 0.2) is 36.5 Å². The Hall–Kier alpha value is -2.82. The zero-order valence-corrected chi connectivity index (χ0v) is 13.4. The molecule has 0 unspecified atom stereocenters. The minimum atomic E-state index is -4.47. The second-order valence-electron chi connectivity index (χ2n) is 5.73. The summed E-state index contributed by atoms with van der Waals surface area (Å²) < 4.78 is 38.5. The van der Waals surface area contributed by atoms with Crippen LogP contribution in [0.4, 0.5) is 24.8 Å². The van der Waals surface area contributed by atoms with Crippen molar-refractivity contribution in [2.24, 2.45) is 0 Å². The molecule has 5 nitrogen and oxygen atoms in total. The summed E-state index contributed by atoms with van der Waals surface area (Å²) >= 11 is 0. The minimum absolute atomic E-state index is 0.108. The summed E-state index contributed by atoms with van der Waals surface area (Å²) in [6.45, 7) is 2.54. The third kappa shape index (κ3) is 3.99. The molecule has 1 saturated heterocycles. The first kappa shape index (κ1) is 17.0. The number of benzene rings is 1. The fourth-order valence-corrected chi connectivity index (χ4v) is 2.78. The Morgan fingerprint density at radius 3 is 2.32 bits per heavy atom. The van der Waals surface area contributed by atoms with Crippen LogP contribution in [-0.2, 0) is 6.18 Å². The molecule has 2 heterocycles. The molecule has 0 radical (unpaired) electrons. The smallest absolute Gasteiger partial charge is 0.370 e. The first-order chi connectivity index (χ1) is 12.0. The lowest BCUT2D eigenvalue weighted by Crippen LogP contribution is -2.32. The number of rotatable bonds is 2. The van der Waals surface area contributed by atoms with E-state index in [2.05, 4.69) is 20.9 Å². The van der Waals surface area contributed by atoms with Crippen LogP contribution in [-0.4, -0.2) is 36.1 Å². The third-order valence-electron chi connectivity index (χ3n) is 4.07. The van der Waals surface area contributed by atoms with Crippen molar-refractivity contribution in [2.45, 2.75) is 12.6 Å². The second kappa shape index (κ2) is 6.97. The number of hydrogen-bond donors (Lipinski definition) is 0. The predicted molar refractivity (Wildman–Crippen MR) is 87.2 cm³/mol. The van der Waals surface area contributed by atoms with Crippen LogP contribution in [0.2, 0.25) is 0 Å². The Morgan fingerprint density at radius 2 is 1.64 bits per heavy atom. The Balaban J connectivity index is 1.72. The van der Waals surface area contributed by atoms with Gasteiger partial charge in [-0.1, -0.05) is 0 Å². The molecule has 0 amide bonds. The number of nitriles is 1. The largest absolute Gasteiger partial charge is 0.433 e. The van der Waals surface area contributed by atoms with Crippen LogP contribution < -0.4 is 9.80 Å². The van der Waals surface area contributed by atoms with Crippen molar-refractivity contribution >= 4 is 11.6 Å². The minimum Gasteiger partial charge on any atom is -0.370 e. The molecule has 25 heavy (non-hydrogen) atoms. The molecule has 1 aliphatic heterocycles. The van der Waals surface area contributed by atoms with Crippen LogP contribution in [0, 0.1) is 11.3 Å². The molecule has 1 aliphatic rings. The Morgan fingerprint density at radius 1 is 0.960 bits per heavy atom. The first-order valence-corrected chi connectivity index (χ1v) is 7.88. The molecule has 0 atom stereocenters. The molecule has 8 heteroatoms. The van der Waals surface area contributed by atoms with Gasteiger partial charge in [-0.15, -0.1) is 0 Å². The van der Waals surface area contributed by atoms with E-state index < -0.39 is 11.9 Å². The van der Waals surface area contributed by atoms with Gasteiger partial charge in [-0.3, -0.25) is 0 Å². The molecular weight excluding hydrogens is 331 g/mol. The van der Waals surface area contributed by atoms with Gasteiger partial charge in [0.15, 0.2) is 0 Å². The van der Waals surface area contributed by atoms with E-state index >= 15 is 0 Å². The maximum absolute atomic E-state index is 12.8. The Labute approximate surface area is 143 Å². The van der Waals surface area contributed by atoms with Crippen molar-refractivity contribution in [3.05, 3.63) is 47.8 Å². The van der Waals surface area contributed by atoms with Crippen LogP contribution >= 0.6 is 0 Å². The highest BCUT2D eigenvalue weighted by molar-refractivity contribution is 5.50. The van der Waals surface area contributed by atoms with Crippen LogP contribution in [0.25, 0.3) is 0 Å². The highest BCUT2D eigenvalue weighted by Crippen LogP contribution is 2.28. The van der Waals surface area contributed by atoms with Crippen molar-refractivity contribution in [3.63, 3.8) is 0 Å². The van der Waals surface area contributed by atoms with Crippen LogP contribution in [0.1, 0.15) is 17.7 Å². The molecule has 0 spiro atoms. The third-order valence-corrected chi connectivity index (χ3v) is 4.07. The predicted octanol–water partition coefficient (Wildman–Crippen LogP) is 3.08. The Bertz CT molecular complexity index is 767. The normalized spacial score (nSPS) is 15.6. The average molecular weight is 347 g/mol. The standard InChI is InChI=1S/C17H16F3N5/c18-17(19,20)15-6-7-22-16(23-15)25-9-1-8-24(10-11-25)14-4-2-13(12-21)3-5-14/h2-7H,1,8-11H2. The molecule has 1 aromatic heterocycles. The summed E-state index contributed by atoms with van der Waals surface area (Å²) in [5, 5.41) is 8.86. The SMILES string of the molecule is N#Cc1ccc(N2CCCN(c3nccc(C(F)(F)F)n3)CC2)cc1. The summed E-state index contributed by atoms with van der Waals surface area (Å²) in [7, 11) is 0. The lowest BCUT2D eigenvalue weighted by Gasteiger charge is -2.24. The van der Waals surface area contributed by atoms with Gasteiger partial charge >= 0.3 is 6.18 Å². The van der Waals surface area contributed by atoms with Crippen molar-refractivity contribution in [2.75, 3.05) is 36.0 Å². The Kier molecular flexibility index (Phi) is 4.74. The van der Waals surface area contributed by atoms with Gasteiger partial charge in [0.25, 0.3) is 0 Å². The molecule has 0 saturated carbocycles. The van der Waals surface area contributed by atoms with E-state index in [9.17, 15) is 13.2 Å². The fourth-order valence-electron chi connectivity index (χ4n) is 2.78. The monoisotopic (exact) mass is 347 g/mol. The summed E-state index contributed by atoms with van der Waals surface area (Å²) in [6, 6.07) is 10.2. The van der Waals surface area contributed by atoms with Gasteiger partial charge in [0.2, 0.25) is 5.95 Å². The number of aromatic nitrogens is 2. The van der Waals surface area contributed by atoms with Crippen molar-refractivity contribution in [1.29, 1.82) is 5.26 Å². The van der Waals surface area contributed by atoms with E-state index in [-0.39, 0.29) is 5.95 Å². The molecule has 0 N–H and O–H groups in total. The summed E-state index contributed by atoms with van der Waals surface area (Å²) in [4.78, 5) is 11.6. The fraction of sp³-hybridized carbons (Fsp3) is 0.353. The van der Waals surface area contributed by atoms with Gasteiger partial charge in [-0.2, -0.15) is 18.4 Å². The van der Waals surface area contributed by atoms with E-state index in [1.165, 1.54) is 0 Å². The highest BCUT2D eigenvalue weighted by atomic mass is 19.4. The van der Waals surface area contributed by atoms with E-state index in [0.29, 0.717) is 25.2 Å². The molecule has 1 aromatic carbocycles. The maximum atomic E-state index is 12.8. The zero-order chi connectivity index (χ0) is 17.9. The summed E-state index contributed by atoms with van der Waals surface area (Å²) in [5.41, 5.74) is 0.661. The molecule has 2 aromatic rings. The highest BCUT2D eigenvalue weighted by Gasteiger charge is 2.33. The van der Waals surface area contributed by atoms with Gasteiger partial charge in [-0.05, 0) is 36.8 Å². The summed E-state index contributed by atoms with van der Waals surface area (Å²) in [6.07, 6.45) is -2.55. The molecule has 0 aliphatic carbocycles. The zero-order valence-electron chi connectivity index (χ0n) is 13.4. The van der Waals surface area contributed by atoms with Gasteiger partial charge < -0.3 is 9.80 Å². The number of halogens is 3.